The first-order chi connectivity index (χ1) is 20.3. The monoisotopic (exact) mass is 603 g/mol. The van der Waals surface area contributed by atoms with Crippen molar-refractivity contribution in [1.29, 1.82) is 0 Å². The van der Waals surface area contributed by atoms with E-state index < -0.39 is 23.3 Å². The van der Waals surface area contributed by atoms with Crippen LogP contribution in [0.15, 0.2) is 84.0 Å². The molecule has 210 valence electrons. The number of hydrogen-bond acceptors (Lipinski definition) is 6. The molecule has 0 bridgehead atoms. The fourth-order valence-corrected chi connectivity index (χ4v) is 5.07. The van der Waals surface area contributed by atoms with E-state index in [4.69, 9.17) is 23.2 Å². The second kappa shape index (κ2) is 11.2. The maximum absolute atomic E-state index is 14.9. The number of rotatable bonds is 7. The van der Waals surface area contributed by atoms with Gasteiger partial charge in [-0.05, 0) is 41.5 Å². The average Bonchev–Trinajstić information content (AvgIpc) is 3.57. The zero-order chi connectivity index (χ0) is 29.4. The standard InChI is InChI=1S/C29H20Cl2FN7O3/c30-18-6-7-24(39-14-26(31)36-37-39)20(10-18)22-12-27(40)38(15-34-22)25(8-16-4-2-1-3-5-16)29(42)35-23-11-19-17(9-21(23)32)13-33-28(19)41/h1-7,9-12,14-15,25H,8,13H2,(H,33,41)(H,35,42)/t25-/m0/s1. The van der Waals surface area contributed by atoms with E-state index in [0.717, 1.165) is 5.56 Å². The van der Waals surface area contributed by atoms with Crippen LogP contribution in [-0.4, -0.2) is 36.4 Å². The highest BCUT2D eigenvalue weighted by Gasteiger charge is 2.27. The first kappa shape index (κ1) is 27.3. The molecule has 2 N–H and O–H groups in total. The number of hydrogen-bond donors (Lipinski definition) is 2. The van der Waals surface area contributed by atoms with Gasteiger partial charge < -0.3 is 10.6 Å². The van der Waals surface area contributed by atoms with Gasteiger partial charge in [-0.15, -0.1) is 5.10 Å². The fourth-order valence-electron chi connectivity index (χ4n) is 4.78. The molecule has 0 unspecified atom stereocenters. The molecule has 5 aromatic rings. The molecule has 0 aliphatic carbocycles. The number of nitrogens with zero attached hydrogens (tertiary/aromatic N) is 5. The number of nitrogens with one attached hydrogen (secondary N) is 2. The normalized spacial score (nSPS) is 13.0. The zero-order valence-electron chi connectivity index (χ0n) is 21.6. The minimum Gasteiger partial charge on any atom is -0.348 e. The Kier molecular flexibility index (Phi) is 7.27. The van der Waals surface area contributed by atoms with Gasteiger partial charge >= 0.3 is 0 Å². The first-order valence-electron chi connectivity index (χ1n) is 12.7. The van der Waals surface area contributed by atoms with Crippen molar-refractivity contribution >= 4 is 40.7 Å². The van der Waals surface area contributed by atoms with Crippen LogP contribution < -0.4 is 16.2 Å². The molecular weight excluding hydrogens is 584 g/mol. The molecule has 0 saturated heterocycles. The zero-order valence-corrected chi connectivity index (χ0v) is 23.1. The maximum atomic E-state index is 14.9. The van der Waals surface area contributed by atoms with Crippen LogP contribution in [0.2, 0.25) is 10.2 Å². The van der Waals surface area contributed by atoms with Crippen molar-refractivity contribution in [3.05, 3.63) is 122 Å². The smallest absolute Gasteiger partial charge is 0.254 e. The molecule has 0 saturated carbocycles. The lowest BCUT2D eigenvalue weighted by Gasteiger charge is -2.20. The van der Waals surface area contributed by atoms with E-state index in [1.807, 2.05) is 30.3 Å². The third-order valence-electron chi connectivity index (χ3n) is 6.83. The Balaban J connectivity index is 1.38. The lowest BCUT2D eigenvalue weighted by molar-refractivity contribution is -0.119. The largest absolute Gasteiger partial charge is 0.348 e. The summed E-state index contributed by atoms with van der Waals surface area (Å²) in [6, 6.07) is 16.7. The Hall–Kier alpha value is -4.87. The van der Waals surface area contributed by atoms with Gasteiger partial charge in [-0.3, -0.25) is 19.0 Å². The van der Waals surface area contributed by atoms with Gasteiger partial charge in [0.1, 0.15) is 11.9 Å². The van der Waals surface area contributed by atoms with Crippen molar-refractivity contribution < 1.29 is 14.0 Å². The molecule has 6 rings (SSSR count). The summed E-state index contributed by atoms with van der Waals surface area (Å²) in [5, 5.41) is 13.5. The van der Waals surface area contributed by atoms with Gasteiger partial charge in [0, 0.05) is 35.2 Å². The Bertz CT molecular complexity index is 1910. The van der Waals surface area contributed by atoms with Gasteiger partial charge in [0.2, 0.25) is 5.91 Å². The third-order valence-corrected chi connectivity index (χ3v) is 7.24. The summed E-state index contributed by atoms with van der Waals surface area (Å²) in [6.07, 6.45) is 2.87. The van der Waals surface area contributed by atoms with Crippen molar-refractivity contribution in [2.75, 3.05) is 5.32 Å². The number of fused-ring (bicyclic) bond motifs is 1. The Labute approximate surface area is 247 Å². The van der Waals surface area contributed by atoms with Crippen LogP contribution in [0.3, 0.4) is 0 Å². The molecule has 42 heavy (non-hydrogen) atoms. The van der Waals surface area contributed by atoms with E-state index in [1.165, 1.54) is 40.0 Å². The van der Waals surface area contributed by atoms with Crippen molar-refractivity contribution in [3.63, 3.8) is 0 Å². The molecule has 0 spiro atoms. The number of aromatic nitrogens is 5. The molecule has 0 radical (unpaired) electrons. The highest BCUT2D eigenvalue weighted by atomic mass is 35.5. The predicted octanol–water partition coefficient (Wildman–Crippen LogP) is 4.60. The second-order valence-electron chi connectivity index (χ2n) is 9.53. The summed E-state index contributed by atoms with van der Waals surface area (Å²) in [7, 11) is 0. The number of amides is 2. The van der Waals surface area contributed by atoms with Crippen LogP contribution >= 0.6 is 23.2 Å². The number of carbonyl (C=O) groups excluding carboxylic acids is 2. The topological polar surface area (TPSA) is 124 Å². The maximum Gasteiger partial charge on any atom is 0.254 e. The second-order valence-corrected chi connectivity index (χ2v) is 10.4. The molecule has 2 aromatic heterocycles. The van der Waals surface area contributed by atoms with E-state index in [1.54, 1.807) is 18.2 Å². The number of benzene rings is 3. The SMILES string of the molecule is O=C1NCc2cc(F)c(NC(=O)[C@H](Cc3ccccc3)n3cnc(-c4cc(Cl)ccc4-n4cc(Cl)nn4)cc3=O)cc21. The summed E-state index contributed by atoms with van der Waals surface area (Å²) >= 11 is 12.2. The van der Waals surface area contributed by atoms with Gasteiger partial charge in [-0.25, -0.2) is 14.1 Å². The molecule has 1 aliphatic rings. The molecular formula is C29H20Cl2FN7O3. The summed E-state index contributed by atoms with van der Waals surface area (Å²) in [5.41, 5.74) is 2.13. The number of halogens is 3. The molecule has 10 nitrogen and oxygen atoms in total. The summed E-state index contributed by atoms with van der Waals surface area (Å²) in [6.45, 7) is 0.210. The average molecular weight is 604 g/mol. The van der Waals surface area contributed by atoms with Gasteiger partial charge in [-0.2, -0.15) is 0 Å². The fraction of sp³-hybridized carbons (Fsp3) is 0.103. The quantitative estimate of drug-likeness (QED) is 0.280. The summed E-state index contributed by atoms with van der Waals surface area (Å²) in [4.78, 5) is 43.8. The van der Waals surface area contributed by atoms with Crippen LogP contribution in [0, 0.1) is 5.82 Å². The van der Waals surface area contributed by atoms with Crippen molar-refractivity contribution in [3.8, 4) is 16.9 Å². The lowest BCUT2D eigenvalue weighted by atomic mass is 10.0. The lowest BCUT2D eigenvalue weighted by Crippen LogP contribution is -2.35. The summed E-state index contributed by atoms with van der Waals surface area (Å²) in [5.74, 6) is -1.71. The third kappa shape index (κ3) is 5.39. The van der Waals surface area contributed by atoms with Crippen LogP contribution in [0.25, 0.3) is 16.9 Å². The van der Waals surface area contributed by atoms with Gasteiger partial charge in [0.25, 0.3) is 11.5 Å². The predicted molar refractivity (Wildman–Crippen MR) is 154 cm³/mol. The van der Waals surface area contributed by atoms with Crippen LogP contribution in [0.5, 0.6) is 0 Å². The minimum atomic E-state index is -1.10. The van der Waals surface area contributed by atoms with E-state index in [-0.39, 0.29) is 41.0 Å². The molecule has 1 atom stereocenters. The van der Waals surface area contributed by atoms with Crippen molar-refractivity contribution in [2.45, 2.75) is 19.0 Å². The number of carbonyl (C=O) groups is 2. The number of anilines is 1. The Morgan fingerprint density at radius 2 is 1.86 bits per heavy atom. The van der Waals surface area contributed by atoms with E-state index in [0.29, 0.717) is 21.8 Å². The van der Waals surface area contributed by atoms with Crippen LogP contribution in [-0.2, 0) is 17.8 Å². The molecule has 3 heterocycles. The van der Waals surface area contributed by atoms with Crippen LogP contribution in [0.4, 0.5) is 10.1 Å². The van der Waals surface area contributed by atoms with Crippen molar-refractivity contribution in [2.24, 2.45) is 0 Å². The van der Waals surface area contributed by atoms with E-state index in [9.17, 15) is 18.8 Å². The first-order valence-corrected chi connectivity index (χ1v) is 13.4. The highest BCUT2D eigenvalue weighted by Crippen LogP contribution is 2.29. The Morgan fingerprint density at radius 3 is 2.60 bits per heavy atom. The van der Waals surface area contributed by atoms with Crippen LogP contribution in [0.1, 0.15) is 27.5 Å². The van der Waals surface area contributed by atoms with Crippen molar-refractivity contribution in [1.82, 2.24) is 29.9 Å². The Morgan fingerprint density at radius 1 is 1.05 bits per heavy atom. The molecule has 13 heteroatoms. The highest BCUT2D eigenvalue weighted by molar-refractivity contribution is 6.31. The summed E-state index contributed by atoms with van der Waals surface area (Å²) < 4.78 is 17.5. The molecule has 1 aliphatic heterocycles. The van der Waals surface area contributed by atoms with Gasteiger partial charge in [0.15, 0.2) is 5.15 Å². The van der Waals surface area contributed by atoms with E-state index in [2.05, 4.69) is 25.9 Å². The minimum absolute atomic E-state index is 0.112. The molecule has 0 fully saturated rings. The van der Waals surface area contributed by atoms with Gasteiger partial charge in [0.05, 0.1) is 29.6 Å². The molecule has 2 amide bonds. The van der Waals surface area contributed by atoms with Gasteiger partial charge in [-0.1, -0.05) is 58.7 Å². The van der Waals surface area contributed by atoms with E-state index >= 15 is 0 Å². The molecule has 3 aromatic carbocycles.